The predicted molar refractivity (Wildman–Crippen MR) is 92.4 cm³/mol. The van der Waals surface area contributed by atoms with Crippen LogP contribution < -0.4 is 11.3 Å². The Balaban J connectivity index is 1.78. The largest absolute Gasteiger partial charge is 0.397 e. The number of halogens is 1. The second-order valence-electron chi connectivity index (χ2n) is 5.68. The number of hydrogen-bond donors (Lipinski definition) is 3. The molecule has 0 spiro atoms. The van der Waals surface area contributed by atoms with Crippen LogP contribution in [0.15, 0.2) is 39.8 Å². The molecule has 1 aromatic carbocycles. The summed E-state index contributed by atoms with van der Waals surface area (Å²) < 4.78 is 6.15. The van der Waals surface area contributed by atoms with Gasteiger partial charge in [-0.05, 0) is 24.6 Å². The lowest BCUT2D eigenvalue weighted by Gasteiger charge is -2.14. The van der Waals surface area contributed by atoms with Crippen LogP contribution in [0.1, 0.15) is 35.0 Å². The van der Waals surface area contributed by atoms with Crippen molar-refractivity contribution < 1.29 is 14.7 Å². The van der Waals surface area contributed by atoms with Gasteiger partial charge >= 0.3 is 0 Å². The van der Waals surface area contributed by atoms with E-state index < -0.39 is 12.2 Å². The number of hydrogen-bond acceptors (Lipinski definition) is 8. The predicted octanol–water partition coefficient (Wildman–Crippen LogP) is 0.986. The first-order chi connectivity index (χ1) is 12.4. The second-order valence-corrected chi connectivity index (χ2v) is 6.11. The van der Waals surface area contributed by atoms with Gasteiger partial charge in [-0.25, -0.2) is 4.68 Å². The van der Waals surface area contributed by atoms with Crippen molar-refractivity contribution in [2.45, 2.75) is 25.7 Å². The molecule has 2 heterocycles. The zero-order valence-electron chi connectivity index (χ0n) is 13.7. The minimum atomic E-state index is -1.41. The first-order valence-corrected chi connectivity index (χ1v) is 8.01. The highest BCUT2D eigenvalue weighted by Gasteiger charge is 2.25. The number of benzene rings is 1. The maximum Gasteiger partial charge on any atom is 0.272 e. The Hall–Kier alpha value is -2.75. The summed E-state index contributed by atoms with van der Waals surface area (Å²) in [6, 6.07) is 6.35. The number of nitrogen functional groups attached to an aromatic ring is 1. The van der Waals surface area contributed by atoms with Crippen molar-refractivity contribution in [1.29, 1.82) is 0 Å². The van der Waals surface area contributed by atoms with Crippen molar-refractivity contribution in [2.75, 3.05) is 5.73 Å². The Morgan fingerprint density at radius 3 is 2.65 bits per heavy atom. The van der Waals surface area contributed by atoms with E-state index in [4.69, 9.17) is 21.9 Å². The zero-order chi connectivity index (χ0) is 18.8. The van der Waals surface area contributed by atoms with E-state index in [9.17, 15) is 15.0 Å². The molecule has 26 heavy (non-hydrogen) atoms. The highest BCUT2D eigenvalue weighted by atomic mass is 35.5. The molecule has 0 amide bonds. The highest BCUT2D eigenvalue weighted by Crippen LogP contribution is 2.27. The fraction of sp³-hybridized carbons (Fsp3) is 0.250. The van der Waals surface area contributed by atoms with Crippen LogP contribution in [0.5, 0.6) is 0 Å². The van der Waals surface area contributed by atoms with Gasteiger partial charge in [0.1, 0.15) is 18.8 Å². The minimum absolute atomic E-state index is 0.0566. The van der Waals surface area contributed by atoms with Crippen LogP contribution in [-0.4, -0.2) is 30.1 Å². The summed E-state index contributed by atoms with van der Waals surface area (Å²) in [5.41, 5.74) is 6.34. The molecule has 2 aromatic heterocycles. The molecule has 9 nitrogen and oxygen atoms in total. The Morgan fingerprint density at radius 2 is 1.96 bits per heavy atom. The molecule has 0 fully saturated rings. The normalized spacial score (nSPS) is 13.5. The molecule has 1 unspecified atom stereocenters. The zero-order valence-corrected chi connectivity index (χ0v) is 14.5. The van der Waals surface area contributed by atoms with Crippen LogP contribution in [0, 0.1) is 6.92 Å². The summed E-state index contributed by atoms with van der Waals surface area (Å²) in [4.78, 5) is 16.1. The third-order valence-electron chi connectivity index (χ3n) is 3.87. The van der Waals surface area contributed by atoms with Crippen LogP contribution in [0.3, 0.4) is 0 Å². The molecule has 0 aliphatic carbocycles. The second kappa shape index (κ2) is 7.24. The van der Waals surface area contributed by atoms with Crippen molar-refractivity contribution in [1.82, 2.24) is 19.9 Å². The minimum Gasteiger partial charge on any atom is -0.397 e. The van der Waals surface area contributed by atoms with Gasteiger partial charge in [-0.3, -0.25) is 4.79 Å². The van der Waals surface area contributed by atoms with Gasteiger partial charge in [0.05, 0.1) is 11.9 Å². The van der Waals surface area contributed by atoms with Gasteiger partial charge < -0.3 is 20.5 Å². The first-order valence-electron chi connectivity index (χ1n) is 7.63. The van der Waals surface area contributed by atoms with Gasteiger partial charge in [0, 0.05) is 10.6 Å². The summed E-state index contributed by atoms with van der Waals surface area (Å²) >= 11 is 5.80. The van der Waals surface area contributed by atoms with E-state index in [1.165, 1.54) is 6.20 Å². The molecule has 0 aliphatic heterocycles. The number of nitrogens with two attached hydrogens (primary N) is 1. The van der Waals surface area contributed by atoms with Gasteiger partial charge in [-0.1, -0.05) is 28.9 Å². The molecule has 2 atom stereocenters. The monoisotopic (exact) mass is 377 g/mol. The van der Waals surface area contributed by atoms with Gasteiger partial charge in [-0.2, -0.15) is 10.1 Å². The quantitative estimate of drug-likeness (QED) is 0.597. The molecule has 0 aliphatic rings. The van der Waals surface area contributed by atoms with Gasteiger partial charge in [-0.15, -0.1) is 0 Å². The van der Waals surface area contributed by atoms with Crippen molar-refractivity contribution >= 4 is 17.3 Å². The average molecular weight is 378 g/mol. The van der Waals surface area contributed by atoms with Crippen molar-refractivity contribution in [2.24, 2.45) is 0 Å². The van der Waals surface area contributed by atoms with Crippen molar-refractivity contribution in [3.63, 3.8) is 0 Å². The smallest absolute Gasteiger partial charge is 0.272 e. The lowest BCUT2D eigenvalue weighted by atomic mass is 10.0. The molecular weight excluding hydrogens is 362 g/mol. The van der Waals surface area contributed by atoms with Crippen LogP contribution in [0.2, 0.25) is 5.02 Å². The highest BCUT2D eigenvalue weighted by molar-refractivity contribution is 6.30. The third kappa shape index (κ3) is 3.59. The van der Waals surface area contributed by atoms with E-state index in [1.807, 2.05) is 0 Å². The van der Waals surface area contributed by atoms with Gasteiger partial charge in [0.2, 0.25) is 11.7 Å². The summed E-state index contributed by atoms with van der Waals surface area (Å²) in [5, 5.41) is 28.6. The first kappa shape index (κ1) is 18.1. The number of anilines is 1. The Bertz CT molecular complexity index is 970. The van der Waals surface area contributed by atoms with E-state index in [0.717, 1.165) is 4.68 Å². The molecule has 0 saturated carbocycles. The Morgan fingerprint density at radius 1 is 1.27 bits per heavy atom. The molecule has 0 saturated heterocycles. The van der Waals surface area contributed by atoms with E-state index in [-0.39, 0.29) is 23.8 Å². The molecule has 10 heteroatoms. The van der Waals surface area contributed by atoms with E-state index in [2.05, 4.69) is 15.2 Å². The number of aliphatic hydroxyl groups excluding tert-OH is 2. The number of rotatable bonds is 5. The van der Waals surface area contributed by atoms with Crippen molar-refractivity contribution in [3.05, 3.63) is 68.7 Å². The summed E-state index contributed by atoms with van der Waals surface area (Å²) in [5.74, 6) is -0.0520. The lowest BCUT2D eigenvalue weighted by molar-refractivity contribution is 0.0105. The van der Waals surface area contributed by atoms with Gasteiger partial charge in [0.15, 0.2) is 0 Å². The van der Waals surface area contributed by atoms with Gasteiger partial charge in [0.25, 0.3) is 5.56 Å². The fourth-order valence-electron chi connectivity index (χ4n) is 2.27. The SMILES string of the molecule is Cc1c(N)cnn(Cc2nc(C(O)[C@H](O)c3ccc(Cl)cc3)no2)c1=O. The Kier molecular flexibility index (Phi) is 5.03. The number of aromatic nitrogens is 4. The molecular formula is C16H16ClN5O4. The molecule has 3 aromatic rings. The lowest BCUT2D eigenvalue weighted by Crippen LogP contribution is -2.26. The summed E-state index contributed by atoms with van der Waals surface area (Å²) in [6.07, 6.45) is -1.32. The molecule has 0 radical (unpaired) electrons. The third-order valence-corrected chi connectivity index (χ3v) is 4.12. The topological polar surface area (TPSA) is 140 Å². The maximum absolute atomic E-state index is 12.1. The van der Waals surface area contributed by atoms with E-state index >= 15 is 0 Å². The molecule has 0 bridgehead atoms. The standard InChI is InChI=1S/C16H16ClN5O4/c1-8-11(18)6-19-22(16(8)25)7-12-20-15(21-26-12)14(24)13(23)9-2-4-10(17)5-3-9/h2-6,13-14,23-24H,7,18H2,1H3/t13-,14?/m1/s1. The fourth-order valence-corrected chi connectivity index (χ4v) is 2.40. The molecule has 136 valence electrons. The summed E-state index contributed by atoms with van der Waals surface area (Å²) in [6.45, 7) is 1.50. The van der Waals surface area contributed by atoms with E-state index in [1.54, 1.807) is 31.2 Å². The van der Waals surface area contributed by atoms with Crippen molar-refractivity contribution in [3.8, 4) is 0 Å². The maximum atomic E-state index is 12.1. The van der Waals surface area contributed by atoms with Crippen LogP contribution >= 0.6 is 11.6 Å². The number of nitrogens with zero attached hydrogens (tertiary/aromatic N) is 4. The summed E-state index contributed by atoms with van der Waals surface area (Å²) in [7, 11) is 0. The molecule has 4 N–H and O–H groups in total. The van der Waals surface area contributed by atoms with Crippen LogP contribution in [-0.2, 0) is 6.54 Å². The molecule has 3 rings (SSSR count). The average Bonchev–Trinajstić information content (AvgIpc) is 3.10. The van der Waals surface area contributed by atoms with Crippen LogP contribution in [0.4, 0.5) is 5.69 Å². The van der Waals surface area contributed by atoms with Crippen LogP contribution in [0.25, 0.3) is 0 Å². The Labute approximate surface area is 152 Å². The van der Waals surface area contributed by atoms with E-state index in [0.29, 0.717) is 21.8 Å². The number of aliphatic hydroxyl groups is 2.